The molecule has 1 heterocycles. The van der Waals surface area contributed by atoms with Gasteiger partial charge in [-0.2, -0.15) is 5.10 Å². The first-order chi connectivity index (χ1) is 13.3. The Hall–Kier alpha value is -2.93. The Bertz CT molecular complexity index is 1060. The van der Waals surface area contributed by atoms with Gasteiger partial charge in [0, 0.05) is 10.7 Å². The van der Waals surface area contributed by atoms with E-state index in [0.29, 0.717) is 10.0 Å². The predicted molar refractivity (Wildman–Crippen MR) is 108 cm³/mol. The Morgan fingerprint density at radius 2 is 1.93 bits per heavy atom. The number of halogens is 1. The number of nitrogens with zero attached hydrogens (tertiary/aromatic N) is 2. The van der Waals surface area contributed by atoms with E-state index in [4.69, 9.17) is 9.84 Å². The Morgan fingerprint density at radius 1 is 1.18 bits per heavy atom. The minimum atomic E-state index is -1.11. The summed E-state index contributed by atoms with van der Waals surface area (Å²) < 4.78 is 7.80. The van der Waals surface area contributed by atoms with Crippen LogP contribution in [0.2, 0.25) is 0 Å². The highest BCUT2D eigenvalue weighted by Gasteiger charge is 2.21. The van der Waals surface area contributed by atoms with E-state index in [2.05, 4.69) is 21.0 Å². The van der Waals surface area contributed by atoms with Gasteiger partial charge in [0.1, 0.15) is 5.75 Å². The van der Waals surface area contributed by atoms with Crippen LogP contribution in [0.15, 0.2) is 53.3 Å². The molecular formula is C21H19BrN2O4. The normalized spacial score (nSPS) is 11.9. The van der Waals surface area contributed by atoms with Gasteiger partial charge < -0.3 is 9.84 Å². The van der Waals surface area contributed by atoms with Crippen LogP contribution in [-0.4, -0.2) is 32.7 Å². The van der Waals surface area contributed by atoms with Gasteiger partial charge in [-0.1, -0.05) is 33.6 Å². The van der Waals surface area contributed by atoms with Crippen LogP contribution in [0.3, 0.4) is 0 Å². The van der Waals surface area contributed by atoms with Gasteiger partial charge in [-0.25, -0.2) is 9.48 Å². The molecule has 0 saturated carbocycles. The van der Waals surface area contributed by atoms with Crippen molar-refractivity contribution in [3.8, 4) is 11.4 Å². The molecule has 7 heteroatoms. The molecule has 0 bridgehead atoms. The Labute approximate surface area is 170 Å². The van der Waals surface area contributed by atoms with E-state index < -0.39 is 12.1 Å². The van der Waals surface area contributed by atoms with Crippen LogP contribution in [0.4, 0.5) is 0 Å². The number of aromatic nitrogens is 2. The van der Waals surface area contributed by atoms with Crippen molar-refractivity contribution in [2.24, 2.45) is 0 Å². The van der Waals surface area contributed by atoms with E-state index in [1.165, 1.54) is 13.1 Å². The van der Waals surface area contributed by atoms with Crippen LogP contribution < -0.4 is 4.74 Å². The highest BCUT2D eigenvalue weighted by Crippen LogP contribution is 2.27. The SMILES string of the molecule is Cc1ccc(-n2cc(C(=O)c3cc(Br)ccc3OC(C)C(=O)O)cn2)c(C)c1. The van der Waals surface area contributed by atoms with Gasteiger partial charge in [0.05, 0.1) is 23.0 Å². The van der Waals surface area contributed by atoms with Gasteiger partial charge in [-0.15, -0.1) is 0 Å². The molecule has 1 atom stereocenters. The van der Waals surface area contributed by atoms with Crippen molar-refractivity contribution in [3.63, 3.8) is 0 Å². The summed E-state index contributed by atoms with van der Waals surface area (Å²) in [5.41, 5.74) is 3.72. The van der Waals surface area contributed by atoms with Crippen molar-refractivity contribution in [1.29, 1.82) is 0 Å². The first-order valence-electron chi connectivity index (χ1n) is 8.62. The third kappa shape index (κ3) is 4.14. The predicted octanol–water partition coefficient (Wildman–Crippen LogP) is 4.33. The molecule has 2 aromatic carbocycles. The summed E-state index contributed by atoms with van der Waals surface area (Å²) in [4.78, 5) is 24.2. The van der Waals surface area contributed by atoms with Crippen LogP contribution in [-0.2, 0) is 4.79 Å². The molecule has 3 rings (SSSR count). The van der Waals surface area contributed by atoms with E-state index in [1.807, 2.05) is 32.0 Å². The lowest BCUT2D eigenvalue weighted by Crippen LogP contribution is -2.23. The number of aliphatic carboxylic acids is 1. The van der Waals surface area contributed by atoms with Gasteiger partial charge in [0.2, 0.25) is 0 Å². The van der Waals surface area contributed by atoms with Crippen molar-refractivity contribution >= 4 is 27.7 Å². The zero-order valence-corrected chi connectivity index (χ0v) is 17.2. The maximum Gasteiger partial charge on any atom is 0.344 e. The number of hydrogen-bond donors (Lipinski definition) is 1. The molecule has 0 radical (unpaired) electrons. The smallest absolute Gasteiger partial charge is 0.344 e. The minimum absolute atomic E-state index is 0.211. The van der Waals surface area contributed by atoms with Crippen LogP contribution in [0.25, 0.3) is 5.69 Å². The van der Waals surface area contributed by atoms with E-state index in [0.717, 1.165) is 16.8 Å². The second-order valence-corrected chi connectivity index (χ2v) is 7.45. The number of ether oxygens (including phenoxy) is 1. The number of aryl methyl sites for hydroxylation is 2. The molecule has 0 fully saturated rings. The lowest BCUT2D eigenvalue weighted by molar-refractivity contribution is -0.144. The third-order valence-corrected chi connectivity index (χ3v) is 4.77. The molecule has 1 aromatic heterocycles. The Balaban J connectivity index is 1.96. The summed E-state index contributed by atoms with van der Waals surface area (Å²) in [6.45, 7) is 5.41. The van der Waals surface area contributed by atoms with Crippen LogP contribution in [0, 0.1) is 13.8 Å². The van der Waals surface area contributed by atoms with Gasteiger partial charge in [0.15, 0.2) is 11.9 Å². The lowest BCUT2D eigenvalue weighted by atomic mass is 10.1. The number of rotatable bonds is 6. The van der Waals surface area contributed by atoms with Crippen molar-refractivity contribution < 1.29 is 19.4 Å². The fraction of sp³-hybridized carbons (Fsp3) is 0.190. The average Bonchev–Trinajstić information content (AvgIpc) is 3.12. The fourth-order valence-electron chi connectivity index (χ4n) is 2.81. The maximum absolute atomic E-state index is 13.1. The van der Waals surface area contributed by atoms with Gasteiger partial charge in [-0.3, -0.25) is 4.79 Å². The summed E-state index contributed by atoms with van der Waals surface area (Å²) in [6.07, 6.45) is 2.07. The molecule has 3 aromatic rings. The maximum atomic E-state index is 13.1. The number of carboxylic acid groups (broad SMARTS) is 1. The molecule has 0 aliphatic carbocycles. The van der Waals surface area contributed by atoms with Crippen molar-refractivity contribution in [2.45, 2.75) is 26.9 Å². The Kier molecular flexibility index (Phi) is 5.65. The number of ketones is 1. The van der Waals surface area contributed by atoms with Crippen LogP contribution in [0.5, 0.6) is 5.75 Å². The van der Waals surface area contributed by atoms with Crippen LogP contribution >= 0.6 is 15.9 Å². The second kappa shape index (κ2) is 7.98. The minimum Gasteiger partial charge on any atom is -0.479 e. The number of hydrogen-bond acceptors (Lipinski definition) is 4. The number of carbonyl (C=O) groups is 2. The summed E-state index contributed by atoms with van der Waals surface area (Å²) in [5, 5.41) is 13.4. The standard InChI is InChI=1S/C21H19BrN2O4/c1-12-4-6-18(13(2)8-12)24-11-15(10-23-24)20(25)17-9-16(22)5-7-19(17)28-14(3)21(26)27/h4-11,14H,1-3H3,(H,26,27). The van der Waals surface area contributed by atoms with E-state index in [-0.39, 0.29) is 17.1 Å². The monoisotopic (exact) mass is 442 g/mol. The summed E-state index contributed by atoms with van der Waals surface area (Å²) in [6, 6.07) is 10.9. The van der Waals surface area contributed by atoms with Crippen molar-refractivity contribution in [3.05, 3.63) is 75.5 Å². The van der Waals surface area contributed by atoms with Crippen molar-refractivity contribution in [2.75, 3.05) is 0 Å². The Morgan fingerprint density at radius 3 is 2.61 bits per heavy atom. The fourth-order valence-corrected chi connectivity index (χ4v) is 3.17. The van der Waals surface area contributed by atoms with Crippen molar-refractivity contribution in [1.82, 2.24) is 9.78 Å². The number of carbonyl (C=O) groups excluding carboxylic acids is 1. The van der Waals surface area contributed by atoms with E-state index in [9.17, 15) is 9.59 Å². The highest BCUT2D eigenvalue weighted by molar-refractivity contribution is 9.10. The summed E-state index contributed by atoms with van der Waals surface area (Å²) in [5.74, 6) is -1.20. The lowest BCUT2D eigenvalue weighted by Gasteiger charge is -2.14. The molecular weight excluding hydrogens is 424 g/mol. The van der Waals surface area contributed by atoms with Gasteiger partial charge >= 0.3 is 5.97 Å². The topological polar surface area (TPSA) is 81.4 Å². The first-order valence-corrected chi connectivity index (χ1v) is 9.41. The number of carboxylic acids is 1. The molecule has 144 valence electrons. The molecule has 28 heavy (non-hydrogen) atoms. The largest absolute Gasteiger partial charge is 0.479 e. The molecule has 0 saturated heterocycles. The molecule has 1 N–H and O–H groups in total. The first kappa shape index (κ1) is 19.8. The summed E-state index contributed by atoms with van der Waals surface area (Å²) >= 11 is 3.35. The zero-order valence-electron chi connectivity index (χ0n) is 15.6. The molecule has 6 nitrogen and oxygen atoms in total. The van der Waals surface area contributed by atoms with E-state index >= 15 is 0 Å². The summed E-state index contributed by atoms with van der Waals surface area (Å²) in [7, 11) is 0. The van der Waals surface area contributed by atoms with Gasteiger partial charge in [-0.05, 0) is 50.6 Å². The molecule has 0 aliphatic heterocycles. The molecule has 0 amide bonds. The highest BCUT2D eigenvalue weighted by atomic mass is 79.9. The van der Waals surface area contributed by atoms with E-state index in [1.54, 1.807) is 29.1 Å². The number of benzene rings is 2. The van der Waals surface area contributed by atoms with Gasteiger partial charge in [0.25, 0.3) is 0 Å². The third-order valence-electron chi connectivity index (χ3n) is 4.28. The molecule has 0 aliphatic rings. The quantitative estimate of drug-likeness (QED) is 0.574. The molecule has 0 spiro atoms. The second-order valence-electron chi connectivity index (χ2n) is 6.53. The van der Waals surface area contributed by atoms with Crippen LogP contribution in [0.1, 0.15) is 34.0 Å². The zero-order chi connectivity index (χ0) is 20.4. The molecule has 1 unspecified atom stereocenters. The average molecular weight is 443 g/mol.